The molecule has 4 aromatic rings. The Bertz CT molecular complexity index is 1140. The highest BCUT2D eigenvalue weighted by Gasteiger charge is 2.23. The average Bonchev–Trinajstić information content (AvgIpc) is 2.93. The fourth-order valence-electron chi connectivity index (χ4n) is 5.29. The van der Waals surface area contributed by atoms with Gasteiger partial charge in [-0.2, -0.15) is 0 Å². The molecule has 0 unspecified atom stereocenters. The molecule has 0 amide bonds. The van der Waals surface area contributed by atoms with E-state index in [1.165, 1.54) is 80.9 Å². The average molecular weight is 509 g/mol. The van der Waals surface area contributed by atoms with Crippen molar-refractivity contribution in [3.05, 3.63) is 97.1 Å². The van der Waals surface area contributed by atoms with E-state index in [1.54, 1.807) is 0 Å². The molecule has 0 radical (unpaired) electrons. The van der Waals surface area contributed by atoms with Crippen LogP contribution in [0.4, 0.5) is 22.7 Å². The van der Waals surface area contributed by atoms with Crippen LogP contribution in [0.3, 0.4) is 0 Å². The van der Waals surface area contributed by atoms with Crippen molar-refractivity contribution < 1.29 is 0 Å². The first-order chi connectivity index (χ1) is 17.9. The minimum Gasteiger partial charge on any atom is -0.340 e. The Morgan fingerprint density at radius 2 is 0.639 bits per heavy atom. The first kappa shape index (κ1) is 23.6. The molecule has 0 bridgehead atoms. The summed E-state index contributed by atoms with van der Waals surface area (Å²) in [4.78, 5) is 10.5. The number of anilines is 4. The Morgan fingerprint density at radius 1 is 0.361 bits per heavy atom. The zero-order valence-corrected chi connectivity index (χ0v) is 22.2. The number of fused-ring (bicyclic) bond motifs is 4. The van der Waals surface area contributed by atoms with Gasteiger partial charge in [-0.25, -0.2) is 0 Å². The van der Waals surface area contributed by atoms with Crippen molar-refractivity contribution in [3.8, 4) is 0 Å². The molecule has 0 saturated carbocycles. The summed E-state index contributed by atoms with van der Waals surface area (Å²) in [5.74, 6) is 0. The van der Waals surface area contributed by atoms with Crippen LogP contribution in [0.1, 0.15) is 38.5 Å². The number of benzene rings is 4. The highest BCUT2D eigenvalue weighted by molar-refractivity contribution is 8.00. The van der Waals surface area contributed by atoms with Gasteiger partial charge in [0, 0.05) is 32.7 Å². The van der Waals surface area contributed by atoms with Gasteiger partial charge in [0.15, 0.2) is 0 Å². The Balaban J connectivity index is 0.987. The summed E-state index contributed by atoms with van der Waals surface area (Å²) in [7, 11) is 0. The highest BCUT2D eigenvalue weighted by atomic mass is 32.2. The fourth-order valence-corrected chi connectivity index (χ4v) is 7.48. The number of para-hydroxylation sites is 4. The maximum atomic E-state index is 2.53. The molecule has 0 aliphatic carbocycles. The van der Waals surface area contributed by atoms with Crippen molar-refractivity contribution in [2.24, 2.45) is 0 Å². The summed E-state index contributed by atoms with van der Waals surface area (Å²) < 4.78 is 0. The van der Waals surface area contributed by atoms with Gasteiger partial charge in [0.2, 0.25) is 0 Å². The molecule has 2 nitrogen and oxygen atoms in total. The topological polar surface area (TPSA) is 6.48 Å². The molecule has 0 N–H and O–H groups in total. The first-order valence-electron chi connectivity index (χ1n) is 13.2. The number of rotatable bonds is 9. The molecule has 0 fully saturated rings. The second-order valence-corrected chi connectivity index (χ2v) is 11.7. The second-order valence-electron chi connectivity index (χ2n) is 9.50. The van der Waals surface area contributed by atoms with Gasteiger partial charge in [-0.05, 0) is 61.4 Å². The summed E-state index contributed by atoms with van der Waals surface area (Å²) in [5, 5.41) is 0. The quantitative estimate of drug-likeness (QED) is 0.207. The normalized spacial score (nSPS) is 13.6. The molecule has 0 saturated heterocycles. The molecular weight excluding hydrogens is 477 g/mol. The molecule has 0 aromatic heterocycles. The number of unbranched alkanes of at least 4 members (excludes halogenated alkanes) is 5. The van der Waals surface area contributed by atoms with E-state index in [1.807, 2.05) is 23.5 Å². The van der Waals surface area contributed by atoms with Crippen molar-refractivity contribution >= 4 is 46.3 Å². The molecule has 4 heteroatoms. The maximum absolute atomic E-state index is 2.53. The zero-order chi connectivity index (χ0) is 24.2. The van der Waals surface area contributed by atoms with Gasteiger partial charge in [-0.3, -0.25) is 0 Å². The van der Waals surface area contributed by atoms with E-state index in [9.17, 15) is 0 Å². The SMILES string of the molecule is c1ccc2c(c1)Sc1ccccc1N2CCCCCCCCN1c2ccccc2Sc2ccccc21. The van der Waals surface area contributed by atoms with Gasteiger partial charge in [0.1, 0.15) is 0 Å². The molecule has 2 aliphatic rings. The van der Waals surface area contributed by atoms with E-state index in [-0.39, 0.29) is 0 Å². The van der Waals surface area contributed by atoms with E-state index in [2.05, 4.69) is 107 Å². The van der Waals surface area contributed by atoms with Crippen molar-refractivity contribution in [3.63, 3.8) is 0 Å². The summed E-state index contributed by atoms with van der Waals surface area (Å²) in [6.07, 6.45) is 7.68. The van der Waals surface area contributed by atoms with Gasteiger partial charge in [0.25, 0.3) is 0 Å². The van der Waals surface area contributed by atoms with Crippen molar-refractivity contribution in [1.29, 1.82) is 0 Å². The van der Waals surface area contributed by atoms with E-state index >= 15 is 0 Å². The van der Waals surface area contributed by atoms with Crippen LogP contribution in [0, 0.1) is 0 Å². The molecule has 2 heterocycles. The van der Waals surface area contributed by atoms with Crippen molar-refractivity contribution in [2.75, 3.05) is 22.9 Å². The third kappa shape index (κ3) is 4.89. The van der Waals surface area contributed by atoms with E-state index in [4.69, 9.17) is 0 Å². The Kier molecular flexibility index (Phi) is 7.24. The molecule has 182 valence electrons. The van der Waals surface area contributed by atoms with Crippen LogP contribution in [-0.2, 0) is 0 Å². The number of nitrogens with zero attached hydrogens (tertiary/aromatic N) is 2. The fraction of sp³-hybridized carbons (Fsp3) is 0.250. The standard InChI is InChI=1S/C32H32N2S2/c1(3-13-23-33-25-15-5-9-19-29(25)35-30-20-10-6-16-26(30)33)2-4-14-24-34-27-17-7-11-21-31(27)36-32-22-12-8-18-28(32)34/h5-12,15-22H,1-4,13-14,23-24H2. The van der Waals surface area contributed by atoms with Crippen molar-refractivity contribution in [2.45, 2.75) is 58.1 Å². The lowest BCUT2D eigenvalue weighted by Crippen LogP contribution is -2.22. The van der Waals surface area contributed by atoms with Crippen LogP contribution in [0.2, 0.25) is 0 Å². The zero-order valence-electron chi connectivity index (χ0n) is 20.6. The van der Waals surface area contributed by atoms with Crippen LogP contribution >= 0.6 is 23.5 Å². The van der Waals surface area contributed by atoms with Crippen LogP contribution in [-0.4, -0.2) is 13.1 Å². The molecule has 2 aliphatic heterocycles. The molecule has 0 spiro atoms. The largest absolute Gasteiger partial charge is 0.340 e. The van der Waals surface area contributed by atoms with Gasteiger partial charge in [-0.1, -0.05) is 97.7 Å². The summed E-state index contributed by atoms with van der Waals surface area (Å²) in [5.41, 5.74) is 5.45. The minimum absolute atomic E-state index is 1.09. The van der Waals surface area contributed by atoms with E-state index in [0.717, 1.165) is 13.1 Å². The maximum Gasteiger partial charge on any atom is 0.0552 e. The van der Waals surface area contributed by atoms with Gasteiger partial charge < -0.3 is 9.80 Å². The highest BCUT2D eigenvalue weighted by Crippen LogP contribution is 2.49. The lowest BCUT2D eigenvalue weighted by molar-refractivity contribution is 0.595. The van der Waals surface area contributed by atoms with Crippen LogP contribution in [0.5, 0.6) is 0 Å². The monoisotopic (exact) mass is 508 g/mol. The third-order valence-electron chi connectivity index (χ3n) is 7.08. The summed E-state index contributed by atoms with van der Waals surface area (Å²) >= 11 is 3.79. The van der Waals surface area contributed by atoms with Gasteiger partial charge >= 0.3 is 0 Å². The Hall–Kier alpha value is -2.82. The predicted octanol–water partition coefficient (Wildman–Crippen LogP) is 9.93. The van der Waals surface area contributed by atoms with E-state index < -0.39 is 0 Å². The lowest BCUT2D eigenvalue weighted by atomic mass is 10.1. The van der Waals surface area contributed by atoms with E-state index in [0.29, 0.717) is 0 Å². The van der Waals surface area contributed by atoms with Gasteiger partial charge in [0.05, 0.1) is 22.7 Å². The first-order valence-corrected chi connectivity index (χ1v) is 14.8. The molecule has 6 rings (SSSR count). The lowest BCUT2D eigenvalue weighted by Gasteiger charge is -2.33. The smallest absolute Gasteiger partial charge is 0.0552 e. The second kappa shape index (κ2) is 11.1. The van der Waals surface area contributed by atoms with Gasteiger partial charge in [-0.15, -0.1) is 0 Å². The molecular formula is C32H32N2S2. The minimum atomic E-state index is 1.09. The van der Waals surface area contributed by atoms with Crippen LogP contribution in [0.15, 0.2) is 117 Å². The predicted molar refractivity (Wildman–Crippen MR) is 156 cm³/mol. The molecule has 36 heavy (non-hydrogen) atoms. The third-order valence-corrected chi connectivity index (χ3v) is 9.34. The number of hydrogen-bond donors (Lipinski definition) is 0. The summed E-state index contributed by atoms with van der Waals surface area (Å²) in [6, 6.07) is 35.4. The summed E-state index contributed by atoms with van der Waals surface area (Å²) in [6.45, 7) is 2.18. The molecule has 4 aromatic carbocycles. The molecule has 0 atom stereocenters. The van der Waals surface area contributed by atoms with Crippen LogP contribution < -0.4 is 9.80 Å². The Labute approximate surface area is 223 Å². The Morgan fingerprint density at radius 3 is 0.972 bits per heavy atom. The van der Waals surface area contributed by atoms with Crippen molar-refractivity contribution in [1.82, 2.24) is 0 Å². The van der Waals surface area contributed by atoms with Crippen LogP contribution in [0.25, 0.3) is 0 Å². The number of hydrogen-bond acceptors (Lipinski definition) is 4.